The van der Waals surface area contributed by atoms with Crippen molar-refractivity contribution < 1.29 is 0 Å². The van der Waals surface area contributed by atoms with E-state index >= 15 is 0 Å². The van der Waals surface area contributed by atoms with E-state index in [0.717, 1.165) is 6.34 Å². The van der Waals surface area contributed by atoms with E-state index in [0.29, 0.717) is 0 Å². The zero-order valence-corrected chi connectivity index (χ0v) is 29.5. The minimum Gasteiger partial charge on any atom is -0.289 e. The van der Waals surface area contributed by atoms with Crippen molar-refractivity contribution in [1.82, 2.24) is 0 Å². The Bertz CT molecular complexity index is 2730. The van der Waals surface area contributed by atoms with Crippen molar-refractivity contribution in [1.29, 1.82) is 5.41 Å². The van der Waals surface area contributed by atoms with Crippen LogP contribution in [-0.4, -0.2) is 19.4 Å². The largest absolute Gasteiger partial charge is 0.289 e. The lowest BCUT2D eigenvalue weighted by Crippen LogP contribution is -1.92. The fraction of sp³-hybridized carbons (Fsp3) is 0.0200. The maximum absolute atomic E-state index is 6.30. The van der Waals surface area contributed by atoms with Gasteiger partial charge in [0.2, 0.25) is 0 Å². The molecular formula is C50H37N3. The minimum absolute atomic E-state index is 0.898. The van der Waals surface area contributed by atoms with Crippen LogP contribution in [0.4, 0.5) is 0 Å². The maximum Gasteiger partial charge on any atom is 0.116 e. The standard InChI is InChI=1S/C47H32.C3H5N3/c1-31-37-18-8-10-20-39(37)45(40-21-11-9-19-38(31)40)34-24-26-35(27-25-34)46-41-22-12-13-23-42(41)47(33-16-6-3-7-17-33)44-30-36(28-29-43(44)46)32-14-4-2-5-15-32;1-5-3-6-2-4/h2-30H,1H3;2-4H,1H2. The van der Waals surface area contributed by atoms with Crippen molar-refractivity contribution in [2.24, 2.45) is 9.98 Å². The first-order chi connectivity index (χ1) is 26.2. The minimum atomic E-state index is 0.898. The Hall–Kier alpha value is -6.97. The lowest BCUT2D eigenvalue weighted by atomic mass is 9.84. The van der Waals surface area contributed by atoms with Crippen molar-refractivity contribution in [2.45, 2.75) is 6.92 Å². The zero-order valence-electron chi connectivity index (χ0n) is 29.5. The van der Waals surface area contributed by atoms with Gasteiger partial charge in [-0.05, 0) is 113 Å². The molecule has 0 bridgehead atoms. The number of fused-ring (bicyclic) bond motifs is 4. The topological polar surface area (TPSA) is 48.6 Å². The van der Waals surface area contributed by atoms with Crippen LogP contribution in [0.25, 0.3) is 87.6 Å². The van der Waals surface area contributed by atoms with Crippen LogP contribution in [0.3, 0.4) is 0 Å². The summed E-state index contributed by atoms with van der Waals surface area (Å²) < 4.78 is 0. The number of nitrogens with zero attached hydrogens (tertiary/aromatic N) is 2. The first-order valence-electron chi connectivity index (χ1n) is 17.7. The SMILES string of the molecule is C=NC=NC=N.Cc1c2ccccc2c(-c2ccc(-c3c4ccccc4c(-c4ccccc4)c4cc(-c5ccccc5)ccc34)cc2)c2ccccc12. The number of nitrogens with one attached hydrogen (secondary N) is 1. The van der Waals surface area contributed by atoms with Gasteiger partial charge in [-0.15, -0.1) is 0 Å². The Balaban J connectivity index is 0.000000618. The Labute approximate surface area is 309 Å². The molecule has 0 amide bonds. The van der Waals surface area contributed by atoms with Gasteiger partial charge < -0.3 is 0 Å². The molecule has 3 heteroatoms. The molecule has 9 aromatic carbocycles. The normalized spacial score (nSPS) is 11.2. The maximum atomic E-state index is 6.30. The molecule has 0 fully saturated rings. The summed E-state index contributed by atoms with van der Waals surface area (Å²) >= 11 is 0. The molecule has 0 saturated heterocycles. The van der Waals surface area contributed by atoms with Crippen LogP contribution >= 0.6 is 0 Å². The van der Waals surface area contributed by atoms with Crippen LogP contribution in [0.5, 0.6) is 0 Å². The highest BCUT2D eigenvalue weighted by Crippen LogP contribution is 2.46. The summed E-state index contributed by atoms with van der Waals surface area (Å²) in [6.45, 7) is 5.34. The second-order valence-corrected chi connectivity index (χ2v) is 13.0. The van der Waals surface area contributed by atoms with E-state index in [2.05, 4.69) is 200 Å². The predicted octanol–water partition coefficient (Wildman–Crippen LogP) is 13.6. The van der Waals surface area contributed by atoms with Gasteiger partial charge >= 0.3 is 0 Å². The Morgan fingerprint density at radius 1 is 0.396 bits per heavy atom. The molecule has 0 aliphatic rings. The number of aliphatic imine (C=N–C) groups is 2. The summed E-state index contributed by atoms with van der Waals surface area (Å²) in [7, 11) is 0. The smallest absolute Gasteiger partial charge is 0.116 e. The van der Waals surface area contributed by atoms with E-state index in [-0.39, 0.29) is 0 Å². The molecule has 0 atom stereocenters. The van der Waals surface area contributed by atoms with Gasteiger partial charge in [-0.3, -0.25) is 10.4 Å². The predicted molar refractivity (Wildman–Crippen MR) is 230 cm³/mol. The second kappa shape index (κ2) is 14.7. The van der Waals surface area contributed by atoms with Crippen LogP contribution in [0, 0.1) is 12.3 Å². The van der Waals surface area contributed by atoms with Gasteiger partial charge in [0.1, 0.15) is 12.7 Å². The average molecular weight is 680 g/mol. The molecule has 0 radical (unpaired) electrons. The summed E-state index contributed by atoms with van der Waals surface area (Å²) in [5.74, 6) is 0. The summed E-state index contributed by atoms with van der Waals surface area (Å²) in [5, 5.41) is 16.6. The molecule has 252 valence electrons. The average Bonchev–Trinajstić information content (AvgIpc) is 3.23. The number of hydrogen-bond donors (Lipinski definition) is 1. The van der Waals surface area contributed by atoms with Crippen molar-refractivity contribution in [3.63, 3.8) is 0 Å². The molecule has 9 rings (SSSR count). The third-order valence-corrected chi connectivity index (χ3v) is 10.1. The van der Waals surface area contributed by atoms with Crippen molar-refractivity contribution >= 4 is 62.5 Å². The van der Waals surface area contributed by atoms with Gasteiger partial charge in [-0.1, -0.05) is 170 Å². The molecule has 0 aromatic heterocycles. The Morgan fingerprint density at radius 2 is 0.755 bits per heavy atom. The van der Waals surface area contributed by atoms with Gasteiger partial charge in [0.15, 0.2) is 0 Å². The third-order valence-electron chi connectivity index (χ3n) is 10.1. The third kappa shape index (κ3) is 6.19. The molecule has 9 aromatic rings. The Morgan fingerprint density at radius 3 is 1.21 bits per heavy atom. The molecule has 0 saturated carbocycles. The molecule has 53 heavy (non-hydrogen) atoms. The number of rotatable bonds is 6. The fourth-order valence-electron chi connectivity index (χ4n) is 7.76. The fourth-order valence-corrected chi connectivity index (χ4v) is 7.76. The van der Waals surface area contributed by atoms with Gasteiger partial charge in [0.25, 0.3) is 0 Å². The van der Waals surface area contributed by atoms with E-state index in [1.54, 1.807) is 0 Å². The molecule has 0 aliphatic carbocycles. The van der Waals surface area contributed by atoms with Crippen LogP contribution in [-0.2, 0) is 0 Å². The van der Waals surface area contributed by atoms with Crippen LogP contribution < -0.4 is 0 Å². The molecule has 0 aliphatic heterocycles. The van der Waals surface area contributed by atoms with Gasteiger partial charge in [0.05, 0.1) is 0 Å². The summed E-state index contributed by atoms with van der Waals surface area (Å²) in [4.78, 5) is 6.51. The number of benzene rings is 9. The monoisotopic (exact) mass is 679 g/mol. The molecule has 0 unspecified atom stereocenters. The van der Waals surface area contributed by atoms with Gasteiger partial charge in [-0.2, -0.15) is 0 Å². The van der Waals surface area contributed by atoms with E-state index in [9.17, 15) is 0 Å². The van der Waals surface area contributed by atoms with Gasteiger partial charge in [0, 0.05) is 0 Å². The zero-order chi connectivity index (χ0) is 36.1. The highest BCUT2D eigenvalue weighted by molar-refractivity contribution is 6.22. The number of aryl methyl sites for hydroxylation is 1. The van der Waals surface area contributed by atoms with Gasteiger partial charge in [-0.25, -0.2) is 4.99 Å². The first kappa shape index (κ1) is 33.2. The van der Waals surface area contributed by atoms with Crippen LogP contribution in [0.1, 0.15) is 5.56 Å². The van der Waals surface area contributed by atoms with E-state index in [1.807, 2.05) is 0 Å². The lowest BCUT2D eigenvalue weighted by Gasteiger charge is -2.19. The van der Waals surface area contributed by atoms with Crippen LogP contribution in [0.2, 0.25) is 0 Å². The molecule has 3 nitrogen and oxygen atoms in total. The lowest BCUT2D eigenvalue weighted by molar-refractivity contribution is 1.51. The number of hydrogen-bond acceptors (Lipinski definition) is 1. The van der Waals surface area contributed by atoms with E-state index < -0.39 is 0 Å². The molecule has 1 N–H and O–H groups in total. The Kier molecular flexibility index (Phi) is 9.21. The summed E-state index contributed by atoms with van der Waals surface area (Å²) in [6, 6.07) is 64.4. The molecular weight excluding hydrogens is 643 g/mol. The molecule has 0 spiro atoms. The molecule has 0 heterocycles. The summed E-state index contributed by atoms with van der Waals surface area (Å²) in [6.07, 6.45) is 2.10. The van der Waals surface area contributed by atoms with E-state index in [4.69, 9.17) is 5.41 Å². The highest BCUT2D eigenvalue weighted by atomic mass is 14.8. The van der Waals surface area contributed by atoms with Crippen molar-refractivity contribution in [2.75, 3.05) is 0 Å². The first-order valence-corrected chi connectivity index (χ1v) is 17.7. The highest BCUT2D eigenvalue weighted by Gasteiger charge is 2.18. The van der Waals surface area contributed by atoms with Crippen molar-refractivity contribution in [3.05, 3.63) is 181 Å². The second-order valence-electron chi connectivity index (χ2n) is 13.0. The van der Waals surface area contributed by atoms with Crippen molar-refractivity contribution in [3.8, 4) is 44.5 Å². The van der Waals surface area contributed by atoms with E-state index in [1.165, 1.54) is 99.5 Å². The quantitative estimate of drug-likeness (QED) is 0.103. The van der Waals surface area contributed by atoms with Crippen LogP contribution in [0.15, 0.2) is 186 Å². The summed E-state index contributed by atoms with van der Waals surface area (Å²) in [5.41, 5.74) is 11.4.